The van der Waals surface area contributed by atoms with Crippen LogP contribution in [0.2, 0.25) is 0 Å². The van der Waals surface area contributed by atoms with Crippen LogP contribution in [0, 0.1) is 11.3 Å². The van der Waals surface area contributed by atoms with E-state index in [0.717, 1.165) is 17.5 Å². The number of fused-ring (bicyclic) bond motifs is 1. The Balaban J connectivity index is 1.68. The van der Waals surface area contributed by atoms with Crippen molar-refractivity contribution in [1.29, 1.82) is 5.26 Å². The molecule has 0 atom stereocenters. The summed E-state index contributed by atoms with van der Waals surface area (Å²) >= 11 is 0. The number of sulfone groups is 1. The Bertz CT molecular complexity index is 1630. The van der Waals surface area contributed by atoms with Gasteiger partial charge in [0.2, 0.25) is 10.0 Å². The molecule has 10 heteroatoms. The minimum Gasteiger partial charge on any atom is -0.456 e. The number of ketones is 1. The minimum atomic E-state index is -4.33. The summed E-state index contributed by atoms with van der Waals surface area (Å²) in [5.74, 6) is -1.36. The van der Waals surface area contributed by atoms with E-state index in [9.17, 15) is 26.9 Å². The van der Waals surface area contributed by atoms with Gasteiger partial charge in [-0.3, -0.25) is 4.79 Å². The van der Waals surface area contributed by atoms with E-state index in [1.54, 1.807) is 12.1 Å². The molecule has 0 saturated carbocycles. The van der Waals surface area contributed by atoms with Gasteiger partial charge >= 0.3 is 0 Å². The highest BCUT2D eigenvalue weighted by atomic mass is 32.2. The topological polar surface area (TPSA) is 148 Å². The van der Waals surface area contributed by atoms with Crippen molar-refractivity contribution >= 4 is 36.6 Å². The Kier molecular flexibility index (Phi) is 5.63. The monoisotopic (exact) mass is 480 g/mol. The number of nitrogens with zero attached hydrogens (tertiary/aromatic N) is 1. The first-order chi connectivity index (χ1) is 15.6. The van der Waals surface area contributed by atoms with Crippen LogP contribution in [0.4, 0.5) is 0 Å². The summed E-state index contributed by atoms with van der Waals surface area (Å²) in [6.07, 6.45) is 0. The van der Waals surface area contributed by atoms with Gasteiger partial charge in [0.15, 0.2) is 15.6 Å². The van der Waals surface area contributed by atoms with Crippen molar-refractivity contribution in [3.63, 3.8) is 0 Å². The maximum Gasteiger partial charge on any atom is 0.239 e. The van der Waals surface area contributed by atoms with Crippen molar-refractivity contribution in [3.05, 3.63) is 83.9 Å². The van der Waals surface area contributed by atoms with Gasteiger partial charge in [-0.2, -0.15) is 5.26 Å². The first-order valence-corrected chi connectivity index (χ1v) is 12.7. The fourth-order valence-electron chi connectivity index (χ4n) is 3.42. The third-order valence-corrected chi connectivity index (χ3v) is 7.73. The van der Waals surface area contributed by atoms with Gasteiger partial charge in [0.25, 0.3) is 0 Å². The molecule has 0 fully saturated rings. The molecule has 2 N–H and O–H groups in total. The number of primary sulfonamides is 1. The van der Waals surface area contributed by atoms with Crippen molar-refractivity contribution in [2.24, 2.45) is 5.14 Å². The highest BCUT2D eigenvalue weighted by Gasteiger charge is 2.27. The zero-order valence-electron chi connectivity index (χ0n) is 16.9. The van der Waals surface area contributed by atoms with Crippen LogP contribution in [0.25, 0.3) is 22.3 Å². The molecule has 4 rings (SSSR count). The summed E-state index contributed by atoms with van der Waals surface area (Å²) in [5.41, 5.74) is 1.20. The Morgan fingerprint density at radius 1 is 0.909 bits per heavy atom. The predicted octanol–water partition coefficient (Wildman–Crippen LogP) is 3.28. The smallest absolute Gasteiger partial charge is 0.239 e. The summed E-state index contributed by atoms with van der Waals surface area (Å²) in [6, 6.07) is 20.1. The maximum atomic E-state index is 12.8. The van der Waals surface area contributed by atoms with E-state index >= 15 is 0 Å². The van der Waals surface area contributed by atoms with Gasteiger partial charge in [-0.15, -0.1) is 0 Å². The fraction of sp³-hybridized carbons (Fsp3) is 0.0435. The Morgan fingerprint density at radius 2 is 1.58 bits per heavy atom. The van der Waals surface area contributed by atoms with Crippen molar-refractivity contribution in [2.75, 3.05) is 5.75 Å². The third kappa shape index (κ3) is 4.42. The molecule has 8 nitrogen and oxygen atoms in total. The van der Waals surface area contributed by atoms with Crippen LogP contribution in [0.1, 0.15) is 15.9 Å². The standard InChI is InChI=1S/C23H16N2O6S2/c24-13-17-11-15(9-10-18(17)21-12-16-5-1-2-6-20(16)31-21)19(26)14-32(27,28)22-7-3-4-8-23(22)33(25,29)30/h1-12H,14H2,(H2,25,29,30). The van der Waals surface area contributed by atoms with Gasteiger partial charge in [0, 0.05) is 16.5 Å². The van der Waals surface area contributed by atoms with Gasteiger partial charge < -0.3 is 4.42 Å². The van der Waals surface area contributed by atoms with Crippen molar-refractivity contribution in [2.45, 2.75) is 9.79 Å². The Labute approximate surface area is 189 Å². The number of para-hydroxylation sites is 1. The molecular formula is C23H16N2O6S2. The molecule has 3 aromatic carbocycles. The second kappa shape index (κ2) is 8.29. The summed E-state index contributed by atoms with van der Waals surface area (Å²) in [5, 5.41) is 15.6. The van der Waals surface area contributed by atoms with Crippen LogP contribution in [-0.2, 0) is 19.9 Å². The normalized spacial score (nSPS) is 11.9. The number of Topliss-reactive ketones (excluding diaryl/α,β-unsaturated/α-hetero) is 1. The highest BCUT2D eigenvalue weighted by molar-refractivity contribution is 7.94. The van der Waals surface area contributed by atoms with Crippen molar-refractivity contribution in [3.8, 4) is 17.4 Å². The molecule has 33 heavy (non-hydrogen) atoms. The second-order valence-electron chi connectivity index (χ2n) is 7.19. The molecule has 0 aliphatic heterocycles. The van der Waals surface area contributed by atoms with Crippen molar-refractivity contribution in [1.82, 2.24) is 0 Å². The number of furan rings is 1. The number of rotatable bonds is 6. The van der Waals surface area contributed by atoms with Crippen molar-refractivity contribution < 1.29 is 26.0 Å². The largest absolute Gasteiger partial charge is 0.456 e. The van der Waals surface area contributed by atoms with E-state index in [1.165, 1.54) is 30.3 Å². The molecule has 0 bridgehead atoms. The lowest BCUT2D eigenvalue weighted by Gasteiger charge is -2.09. The van der Waals surface area contributed by atoms with E-state index in [-0.39, 0.29) is 11.1 Å². The first-order valence-electron chi connectivity index (χ1n) is 9.51. The van der Waals surface area contributed by atoms with E-state index in [0.29, 0.717) is 16.9 Å². The molecule has 0 aliphatic rings. The Hall–Kier alpha value is -3.78. The SMILES string of the molecule is N#Cc1cc(C(=O)CS(=O)(=O)c2ccccc2S(N)(=O)=O)ccc1-c1cc2ccccc2o1. The Morgan fingerprint density at radius 3 is 2.24 bits per heavy atom. The number of hydrogen-bond donors (Lipinski definition) is 1. The summed E-state index contributed by atoms with van der Waals surface area (Å²) in [4.78, 5) is 11.6. The van der Waals surface area contributed by atoms with Crippen LogP contribution in [0.3, 0.4) is 0 Å². The maximum absolute atomic E-state index is 12.8. The van der Waals surface area contributed by atoms with E-state index in [1.807, 2.05) is 24.3 Å². The molecule has 4 aromatic rings. The lowest BCUT2D eigenvalue weighted by molar-refractivity contribution is 0.102. The number of nitriles is 1. The van der Waals surface area contributed by atoms with Crippen LogP contribution in [-0.4, -0.2) is 28.4 Å². The number of carbonyl (C=O) groups excluding carboxylic acids is 1. The molecule has 0 saturated heterocycles. The number of sulfonamides is 1. The molecule has 0 aliphatic carbocycles. The predicted molar refractivity (Wildman–Crippen MR) is 121 cm³/mol. The minimum absolute atomic E-state index is 0.0110. The van der Waals surface area contributed by atoms with Gasteiger partial charge in [0.1, 0.15) is 22.0 Å². The van der Waals surface area contributed by atoms with E-state index in [2.05, 4.69) is 0 Å². The zero-order valence-corrected chi connectivity index (χ0v) is 18.6. The number of carbonyl (C=O) groups is 1. The molecule has 0 radical (unpaired) electrons. The highest BCUT2D eigenvalue weighted by Crippen LogP contribution is 2.31. The van der Waals surface area contributed by atoms with Gasteiger partial charge in [-0.05, 0) is 36.4 Å². The average molecular weight is 481 g/mol. The summed E-state index contributed by atoms with van der Waals surface area (Å²) < 4.78 is 54.9. The lowest BCUT2D eigenvalue weighted by atomic mass is 10.0. The number of hydrogen-bond acceptors (Lipinski definition) is 7. The van der Waals surface area contributed by atoms with Crippen LogP contribution in [0.5, 0.6) is 0 Å². The zero-order chi connectivity index (χ0) is 23.8. The van der Waals surface area contributed by atoms with Crippen LogP contribution >= 0.6 is 0 Å². The molecule has 1 aromatic heterocycles. The number of benzene rings is 3. The van der Waals surface area contributed by atoms with E-state index < -0.39 is 41.2 Å². The second-order valence-corrected chi connectivity index (χ2v) is 10.7. The summed E-state index contributed by atoms with van der Waals surface area (Å²) in [6.45, 7) is 0. The molecule has 1 heterocycles. The van der Waals surface area contributed by atoms with Crippen LogP contribution < -0.4 is 5.14 Å². The van der Waals surface area contributed by atoms with Gasteiger partial charge in [-0.1, -0.05) is 36.4 Å². The van der Waals surface area contributed by atoms with Gasteiger partial charge in [-0.25, -0.2) is 22.0 Å². The number of nitrogens with two attached hydrogens (primary N) is 1. The van der Waals surface area contributed by atoms with E-state index in [4.69, 9.17) is 9.56 Å². The van der Waals surface area contributed by atoms with Gasteiger partial charge in [0.05, 0.1) is 16.5 Å². The molecule has 166 valence electrons. The quantitative estimate of drug-likeness (QED) is 0.416. The summed E-state index contributed by atoms with van der Waals surface area (Å²) in [7, 11) is -8.65. The average Bonchev–Trinajstić information content (AvgIpc) is 3.22. The molecule has 0 spiro atoms. The first kappa shape index (κ1) is 22.4. The third-order valence-electron chi connectivity index (χ3n) is 4.96. The van der Waals surface area contributed by atoms with Crippen LogP contribution in [0.15, 0.2) is 87.0 Å². The molecule has 0 amide bonds. The molecule has 0 unspecified atom stereocenters. The lowest BCUT2D eigenvalue weighted by Crippen LogP contribution is -2.21. The fourth-order valence-corrected chi connectivity index (χ4v) is 6.09. The molecular weight excluding hydrogens is 464 g/mol.